The first kappa shape index (κ1) is 14.4. The van der Waals surface area contributed by atoms with Gasteiger partial charge in [0.15, 0.2) is 0 Å². The maximum atomic E-state index is 5.73. The van der Waals surface area contributed by atoms with E-state index in [2.05, 4.69) is 26.5 Å². The number of hydrogen-bond donors (Lipinski definition) is 1. The van der Waals surface area contributed by atoms with Crippen LogP contribution in [0, 0.1) is 5.92 Å². The van der Waals surface area contributed by atoms with E-state index in [1.807, 2.05) is 13.0 Å². The molecular formula is C14H27N. The van der Waals surface area contributed by atoms with Crippen LogP contribution < -0.4 is 5.73 Å². The quantitative estimate of drug-likeness (QED) is 0.600. The normalized spacial score (nSPS) is 16.1. The Morgan fingerprint density at radius 1 is 1.33 bits per heavy atom. The van der Waals surface area contributed by atoms with Gasteiger partial charge in [0.1, 0.15) is 0 Å². The van der Waals surface area contributed by atoms with Crippen LogP contribution in [0.2, 0.25) is 0 Å². The summed E-state index contributed by atoms with van der Waals surface area (Å²) in [4.78, 5) is 0. The van der Waals surface area contributed by atoms with Gasteiger partial charge in [0, 0.05) is 6.04 Å². The summed E-state index contributed by atoms with van der Waals surface area (Å²) in [5, 5.41) is 0. The number of allylic oxidation sites excluding steroid dienone is 2. The highest BCUT2D eigenvalue weighted by Gasteiger charge is 2.02. The van der Waals surface area contributed by atoms with Gasteiger partial charge in [0.25, 0.3) is 0 Å². The molecule has 0 aromatic rings. The highest BCUT2D eigenvalue weighted by atomic mass is 14.6. The topological polar surface area (TPSA) is 26.0 Å². The molecule has 0 bridgehead atoms. The molecule has 88 valence electrons. The molecule has 0 aromatic carbocycles. The summed E-state index contributed by atoms with van der Waals surface area (Å²) in [5.41, 5.74) is 7.03. The van der Waals surface area contributed by atoms with Crippen molar-refractivity contribution >= 4 is 0 Å². The summed E-state index contributed by atoms with van der Waals surface area (Å²) in [6, 6.07) is 0.143. The smallest absolute Gasteiger partial charge is 0.0200 e. The Kier molecular flexibility index (Phi) is 8.40. The van der Waals surface area contributed by atoms with Crippen molar-refractivity contribution in [1.29, 1.82) is 0 Å². The molecule has 0 aromatic heterocycles. The minimum atomic E-state index is 0.143. The molecule has 0 aliphatic heterocycles. The molecule has 0 heterocycles. The standard InChI is InChI=1S/C14H27N/c1-5-7-8-12(3)9-10-14(6-2)11-13(4)15/h6,11-13H,2,5,7-10,15H2,1,3-4H3/b14-11+. The third-order valence-electron chi connectivity index (χ3n) is 2.72. The van der Waals surface area contributed by atoms with Gasteiger partial charge in [-0.05, 0) is 25.7 Å². The molecule has 0 rings (SSSR count). The lowest BCUT2D eigenvalue weighted by molar-refractivity contribution is 0.472. The summed E-state index contributed by atoms with van der Waals surface area (Å²) < 4.78 is 0. The molecule has 0 aliphatic rings. The zero-order valence-corrected chi connectivity index (χ0v) is 10.6. The van der Waals surface area contributed by atoms with Crippen molar-refractivity contribution in [1.82, 2.24) is 0 Å². The van der Waals surface area contributed by atoms with Crippen LogP contribution in [-0.4, -0.2) is 6.04 Å². The third kappa shape index (κ3) is 8.44. The van der Waals surface area contributed by atoms with Crippen LogP contribution in [0.25, 0.3) is 0 Å². The van der Waals surface area contributed by atoms with E-state index in [4.69, 9.17) is 5.73 Å². The molecule has 15 heavy (non-hydrogen) atoms. The fourth-order valence-corrected chi connectivity index (χ4v) is 1.70. The third-order valence-corrected chi connectivity index (χ3v) is 2.72. The van der Waals surface area contributed by atoms with Gasteiger partial charge < -0.3 is 5.73 Å². The molecule has 0 spiro atoms. The lowest BCUT2D eigenvalue weighted by atomic mass is 9.95. The Morgan fingerprint density at radius 2 is 2.00 bits per heavy atom. The SMILES string of the molecule is C=C/C(=C\C(C)N)CCC(C)CCCC. The van der Waals surface area contributed by atoms with Gasteiger partial charge in [-0.25, -0.2) is 0 Å². The Balaban J connectivity index is 3.85. The van der Waals surface area contributed by atoms with E-state index in [9.17, 15) is 0 Å². The zero-order valence-electron chi connectivity index (χ0n) is 10.6. The highest BCUT2D eigenvalue weighted by Crippen LogP contribution is 2.18. The molecule has 2 N–H and O–H groups in total. The van der Waals surface area contributed by atoms with Crippen LogP contribution in [-0.2, 0) is 0 Å². The lowest BCUT2D eigenvalue weighted by Gasteiger charge is -2.11. The van der Waals surface area contributed by atoms with Crippen molar-refractivity contribution < 1.29 is 0 Å². The second kappa shape index (κ2) is 8.72. The van der Waals surface area contributed by atoms with E-state index >= 15 is 0 Å². The molecule has 2 unspecified atom stereocenters. The number of hydrogen-bond acceptors (Lipinski definition) is 1. The molecule has 0 saturated heterocycles. The first-order valence-corrected chi connectivity index (χ1v) is 6.18. The fraction of sp³-hybridized carbons (Fsp3) is 0.714. The maximum absolute atomic E-state index is 5.73. The van der Waals surface area contributed by atoms with Gasteiger partial charge in [-0.2, -0.15) is 0 Å². The summed E-state index contributed by atoms with van der Waals surface area (Å²) >= 11 is 0. The van der Waals surface area contributed by atoms with Crippen LogP contribution in [0.3, 0.4) is 0 Å². The zero-order chi connectivity index (χ0) is 11.7. The van der Waals surface area contributed by atoms with Crippen molar-refractivity contribution in [3.63, 3.8) is 0 Å². The monoisotopic (exact) mass is 209 g/mol. The van der Waals surface area contributed by atoms with E-state index < -0.39 is 0 Å². The second-order valence-electron chi connectivity index (χ2n) is 4.59. The van der Waals surface area contributed by atoms with E-state index in [1.54, 1.807) is 0 Å². The van der Waals surface area contributed by atoms with E-state index in [-0.39, 0.29) is 6.04 Å². The fourth-order valence-electron chi connectivity index (χ4n) is 1.70. The van der Waals surface area contributed by atoms with Crippen LogP contribution in [0.5, 0.6) is 0 Å². The molecule has 0 amide bonds. The largest absolute Gasteiger partial charge is 0.325 e. The van der Waals surface area contributed by atoms with Gasteiger partial charge in [-0.15, -0.1) is 0 Å². The van der Waals surface area contributed by atoms with E-state index in [1.165, 1.54) is 31.3 Å². The van der Waals surface area contributed by atoms with Crippen molar-refractivity contribution in [2.24, 2.45) is 11.7 Å². The molecule has 0 radical (unpaired) electrons. The predicted octanol–water partition coefficient (Wildman–Crippen LogP) is 4.05. The van der Waals surface area contributed by atoms with Gasteiger partial charge in [-0.1, -0.05) is 57.4 Å². The van der Waals surface area contributed by atoms with E-state index in [0.29, 0.717) is 0 Å². The van der Waals surface area contributed by atoms with Crippen LogP contribution >= 0.6 is 0 Å². The Labute approximate surface area is 95.4 Å². The Morgan fingerprint density at radius 3 is 2.47 bits per heavy atom. The minimum Gasteiger partial charge on any atom is -0.325 e. The highest BCUT2D eigenvalue weighted by molar-refractivity contribution is 5.17. The van der Waals surface area contributed by atoms with E-state index in [0.717, 1.165) is 12.3 Å². The van der Waals surface area contributed by atoms with Crippen molar-refractivity contribution in [3.8, 4) is 0 Å². The Hall–Kier alpha value is -0.560. The molecule has 0 aliphatic carbocycles. The van der Waals surface area contributed by atoms with Gasteiger partial charge in [-0.3, -0.25) is 0 Å². The number of unbranched alkanes of at least 4 members (excludes halogenated alkanes) is 1. The first-order chi connectivity index (χ1) is 7.10. The van der Waals surface area contributed by atoms with Gasteiger partial charge in [0.2, 0.25) is 0 Å². The van der Waals surface area contributed by atoms with Crippen LogP contribution in [0.4, 0.5) is 0 Å². The average Bonchev–Trinajstić information content (AvgIpc) is 2.20. The first-order valence-electron chi connectivity index (χ1n) is 6.18. The molecular weight excluding hydrogens is 182 g/mol. The average molecular weight is 209 g/mol. The number of nitrogens with two attached hydrogens (primary N) is 1. The molecule has 0 fully saturated rings. The predicted molar refractivity (Wildman–Crippen MR) is 69.9 cm³/mol. The lowest BCUT2D eigenvalue weighted by Crippen LogP contribution is -2.11. The summed E-state index contributed by atoms with van der Waals surface area (Å²) in [7, 11) is 0. The molecule has 1 heteroatoms. The maximum Gasteiger partial charge on any atom is 0.0200 e. The summed E-state index contributed by atoms with van der Waals surface area (Å²) in [5.74, 6) is 0.821. The van der Waals surface area contributed by atoms with Gasteiger partial charge >= 0.3 is 0 Å². The van der Waals surface area contributed by atoms with Crippen molar-refractivity contribution in [3.05, 3.63) is 24.3 Å². The van der Waals surface area contributed by atoms with Gasteiger partial charge in [0.05, 0.1) is 0 Å². The molecule has 0 saturated carbocycles. The Bertz CT molecular complexity index is 192. The number of rotatable bonds is 8. The summed E-state index contributed by atoms with van der Waals surface area (Å²) in [6.45, 7) is 10.4. The minimum absolute atomic E-state index is 0.143. The molecule has 1 nitrogen and oxygen atoms in total. The van der Waals surface area contributed by atoms with Crippen molar-refractivity contribution in [2.45, 2.75) is 58.9 Å². The van der Waals surface area contributed by atoms with Crippen molar-refractivity contribution in [2.75, 3.05) is 0 Å². The van der Waals surface area contributed by atoms with Crippen LogP contribution in [0.15, 0.2) is 24.3 Å². The second-order valence-corrected chi connectivity index (χ2v) is 4.59. The molecule has 2 atom stereocenters. The summed E-state index contributed by atoms with van der Waals surface area (Å²) in [6.07, 6.45) is 10.4. The van der Waals surface area contributed by atoms with Crippen LogP contribution in [0.1, 0.15) is 52.9 Å².